The van der Waals surface area contributed by atoms with Crippen LogP contribution < -0.4 is 10.6 Å². The number of anilines is 2. The molecule has 2 N–H and O–H groups in total. The highest BCUT2D eigenvalue weighted by Crippen LogP contribution is 2.26. The van der Waals surface area contributed by atoms with Gasteiger partial charge in [0.15, 0.2) is 10.9 Å². The summed E-state index contributed by atoms with van der Waals surface area (Å²) in [6, 6.07) is 12.7. The number of nitrogens with zero attached hydrogens (tertiary/aromatic N) is 3. The van der Waals surface area contributed by atoms with Crippen molar-refractivity contribution in [2.45, 2.75) is 50.9 Å². The van der Waals surface area contributed by atoms with Crippen molar-refractivity contribution in [3.8, 4) is 0 Å². The van der Waals surface area contributed by atoms with Crippen molar-refractivity contribution in [2.75, 3.05) is 10.6 Å². The van der Waals surface area contributed by atoms with Crippen LogP contribution in [0.4, 0.5) is 11.4 Å². The molecule has 178 valence electrons. The smallest absolute Gasteiger partial charge is 0.237 e. The third-order valence-electron chi connectivity index (χ3n) is 5.35. The number of carbonyl (C=O) groups excluding carboxylic acids is 3. The van der Waals surface area contributed by atoms with E-state index in [2.05, 4.69) is 20.8 Å². The number of carbonyl (C=O) groups is 3. The van der Waals surface area contributed by atoms with Crippen molar-refractivity contribution in [3.05, 3.63) is 65.0 Å². The Hall–Kier alpha value is -3.46. The summed E-state index contributed by atoms with van der Waals surface area (Å²) in [5.74, 6) is 0.0689. The van der Waals surface area contributed by atoms with Gasteiger partial charge in [-0.25, -0.2) is 0 Å². The average molecular weight is 480 g/mol. The van der Waals surface area contributed by atoms with Crippen molar-refractivity contribution in [3.63, 3.8) is 0 Å². The van der Waals surface area contributed by atoms with Gasteiger partial charge in [-0.15, -0.1) is 10.2 Å². The monoisotopic (exact) mass is 479 g/mol. The van der Waals surface area contributed by atoms with E-state index in [1.807, 2.05) is 39.0 Å². The third-order valence-corrected chi connectivity index (χ3v) is 6.75. The summed E-state index contributed by atoms with van der Waals surface area (Å²) < 4.78 is 1.73. The largest absolute Gasteiger partial charge is 0.325 e. The minimum atomic E-state index is -0.416. The number of nitrogens with one attached hydrogen (secondary N) is 2. The van der Waals surface area contributed by atoms with Gasteiger partial charge in [0, 0.05) is 24.0 Å². The maximum Gasteiger partial charge on any atom is 0.237 e. The topological polar surface area (TPSA) is 106 Å². The van der Waals surface area contributed by atoms with Crippen LogP contribution in [-0.2, 0) is 23.1 Å². The van der Waals surface area contributed by atoms with Gasteiger partial charge in [-0.1, -0.05) is 48.5 Å². The van der Waals surface area contributed by atoms with Crippen molar-refractivity contribution in [2.24, 2.45) is 7.05 Å². The second kappa shape index (κ2) is 11.1. The molecule has 8 nitrogen and oxygen atoms in total. The van der Waals surface area contributed by atoms with Crippen LogP contribution in [0.25, 0.3) is 0 Å². The summed E-state index contributed by atoms with van der Waals surface area (Å²) in [6.45, 7) is 7.35. The van der Waals surface area contributed by atoms with Gasteiger partial charge in [-0.2, -0.15) is 0 Å². The Bertz CT molecular complexity index is 1220. The second-order valence-electron chi connectivity index (χ2n) is 8.14. The summed E-state index contributed by atoms with van der Waals surface area (Å²) in [6.07, 6.45) is 0.635. The van der Waals surface area contributed by atoms with E-state index in [0.717, 1.165) is 16.8 Å². The number of aromatic nitrogens is 3. The first-order valence-electron chi connectivity index (χ1n) is 11.0. The summed E-state index contributed by atoms with van der Waals surface area (Å²) >= 11 is 1.29. The number of thioether (sulfide) groups is 1. The van der Waals surface area contributed by atoms with Crippen LogP contribution in [0.2, 0.25) is 0 Å². The molecule has 1 heterocycles. The second-order valence-corrected chi connectivity index (χ2v) is 9.31. The van der Waals surface area contributed by atoms with Gasteiger partial charge >= 0.3 is 0 Å². The lowest BCUT2D eigenvalue weighted by Gasteiger charge is -2.14. The highest BCUT2D eigenvalue weighted by molar-refractivity contribution is 8.00. The zero-order valence-corrected chi connectivity index (χ0v) is 20.8. The van der Waals surface area contributed by atoms with Gasteiger partial charge in [0.2, 0.25) is 11.8 Å². The van der Waals surface area contributed by atoms with Crippen molar-refractivity contribution in [1.82, 2.24) is 14.8 Å². The average Bonchev–Trinajstić information content (AvgIpc) is 3.12. The molecule has 0 aliphatic carbocycles. The first-order valence-corrected chi connectivity index (χ1v) is 11.9. The van der Waals surface area contributed by atoms with Crippen LogP contribution >= 0.6 is 11.8 Å². The van der Waals surface area contributed by atoms with E-state index in [0.29, 0.717) is 28.7 Å². The Balaban J connectivity index is 1.64. The molecule has 9 heteroatoms. The molecule has 0 fully saturated rings. The van der Waals surface area contributed by atoms with Gasteiger partial charge in [-0.3, -0.25) is 14.4 Å². The van der Waals surface area contributed by atoms with Crippen LogP contribution in [0.1, 0.15) is 47.6 Å². The van der Waals surface area contributed by atoms with Gasteiger partial charge in [-0.05, 0) is 51.0 Å². The minimum Gasteiger partial charge on any atom is -0.325 e. The first-order chi connectivity index (χ1) is 16.2. The van der Waals surface area contributed by atoms with Crippen molar-refractivity contribution >= 4 is 40.7 Å². The predicted octanol–water partition coefficient (Wildman–Crippen LogP) is 4.33. The van der Waals surface area contributed by atoms with Crippen molar-refractivity contribution < 1.29 is 14.4 Å². The number of ketones is 1. The van der Waals surface area contributed by atoms with Gasteiger partial charge < -0.3 is 15.2 Å². The Labute approximate surface area is 203 Å². The maximum absolute atomic E-state index is 12.8. The molecule has 0 aliphatic heterocycles. The van der Waals surface area contributed by atoms with E-state index in [1.165, 1.54) is 18.7 Å². The number of hydrogen-bond acceptors (Lipinski definition) is 6. The minimum absolute atomic E-state index is 0.0642. The molecule has 1 aromatic heterocycles. The lowest BCUT2D eigenvalue weighted by atomic mass is 10.1. The molecule has 34 heavy (non-hydrogen) atoms. The molecule has 3 aromatic rings. The lowest BCUT2D eigenvalue weighted by molar-refractivity contribution is -0.116. The van der Waals surface area contributed by atoms with E-state index in [4.69, 9.17) is 0 Å². The molecule has 3 rings (SSSR count). The SMILES string of the molecule is CCC(Sc1nnc(CC(=O)Nc2ccc(C)cc2C)n1C)C(=O)Nc1cccc(C(C)=O)c1. The van der Waals surface area contributed by atoms with Crippen molar-refractivity contribution in [1.29, 1.82) is 0 Å². The predicted molar refractivity (Wildman–Crippen MR) is 134 cm³/mol. The number of Topliss-reactive ketones (excluding diaryl/α,β-unsaturated/α-hetero) is 1. The molecule has 0 radical (unpaired) electrons. The maximum atomic E-state index is 12.8. The van der Waals surface area contributed by atoms with Gasteiger partial charge in [0.05, 0.1) is 11.7 Å². The Morgan fingerprint density at radius 3 is 2.50 bits per heavy atom. The molecule has 2 amide bonds. The number of rotatable bonds is 9. The molecule has 2 aromatic carbocycles. The summed E-state index contributed by atoms with van der Waals surface area (Å²) in [7, 11) is 1.78. The molecule has 0 spiro atoms. The van der Waals surface area contributed by atoms with E-state index < -0.39 is 5.25 Å². The molecule has 0 saturated carbocycles. The Morgan fingerprint density at radius 2 is 1.82 bits per heavy atom. The number of amides is 2. The van der Waals surface area contributed by atoms with E-state index >= 15 is 0 Å². The van der Waals surface area contributed by atoms with Crippen LogP contribution in [0.3, 0.4) is 0 Å². The normalized spacial score (nSPS) is 11.7. The quantitative estimate of drug-likeness (QED) is 0.350. The first kappa shape index (κ1) is 25.2. The molecule has 0 aliphatic rings. The molecule has 0 bridgehead atoms. The van der Waals surface area contributed by atoms with Gasteiger partial charge in [0.1, 0.15) is 5.82 Å². The van der Waals surface area contributed by atoms with Crippen LogP contribution in [-0.4, -0.2) is 37.6 Å². The standard InChI is InChI=1S/C25H29N5O3S/c1-6-21(24(33)26-19-9-7-8-18(13-19)17(4)31)34-25-29-28-22(30(25)5)14-23(32)27-20-11-10-15(2)12-16(20)3/h7-13,21H,6,14H2,1-5H3,(H,26,33)(H,27,32). The number of benzene rings is 2. The highest BCUT2D eigenvalue weighted by Gasteiger charge is 2.22. The highest BCUT2D eigenvalue weighted by atomic mass is 32.2. The zero-order chi connectivity index (χ0) is 24.8. The van der Waals surface area contributed by atoms with Gasteiger partial charge in [0.25, 0.3) is 0 Å². The zero-order valence-electron chi connectivity index (χ0n) is 20.0. The molecular formula is C25H29N5O3S. The molecule has 1 atom stereocenters. The molecular weight excluding hydrogens is 450 g/mol. The fourth-order valence-electron chi connectivity index (χ4n) is 3.38. The van der Waals surface area contributed by atoms with Crippen LogP contribution in [0.5, 0.6) is 0 Å². The Morgan fingerprint density at radius 1 is 1.06 bits per heavy atom. The van der Waals surface area contributed by atoms with Crippen LogP contribution in [0.15, 0.2) is 47.6 Å². The molecule has 0 saturated heterocycles. The number of aryl methyl sites for hydroxylation is 2. The molecule has 1 unspecified atom stereocenters. The fourth-order valence-corrected chi connectivity index (χ4v) is 4.32. The fraction of sp³-hybridized carbons (Fsp3) is 0.320. The summed E-state index contributed by atoms with van der Waals surface area (Å²) in [5, 5.41) is 14.3. The number of hydrogen-bond donors (Lipinski definition) is 2. The van der Waals surface area contributed by atoms with E-state index in [9.17, 15) is 14.4 Å². The third kappa shape index (κ3) is 6.32. The van der Waals surface area contributed by atoms with E-state index in [-0.39, 0.29) is 24.0 Å². The summed E-state index contributed by atoms with van der Waals surface area (Å²) in [4.78, 5) is 37.0. The van der Waals surface area contributed by atoms with Crippen LogP contribution in [0, 0.1) is 13.8 Å². The Kier molecular flexibility index (Phi) is 8.22. The summed E-state index contributed by atoms with van der Waals surface area (Å²) in [5.41, 5.74) is 4.00. The lowest BCUT2D eigenvalue weighted by Crippen LogP contribution is -2.25. The van der Waals surface area contributed by atoms with E-state index in [1.54, 1.807) is 35.9 Å².